The van der Waals surface area contributed by atoms with Crippen molar-refractivity contribution >= 4 is 11.9 Å². The second-order valence-corrected chi connectivity index (χ2v) is 3.88. The third-order valence-corrected chi connectivity index (χ3v) is 2.62. The van der Waals surface area contributed by atoms with Crippen LogP contribution in [0.25, 0.3) is 6.08 Å². The number of nitrogens with zero attached hydrogens (tertiary/aromatic N) is 1. The molecule has 0 unspecified atom stereocenters. The summed E-state index contributed by atoms with van der Waals surface area (Å²) in [7, 11) is 0. The monoisotopic (exact) mass is 251 g/mol. The summed E-state index contributed by atoms with van der Waals surface area (Å²) in [4.78, 5) is 11.9. The van der Waals surface area contributed by atoms with Gasteiger partial charge in [-0.2, -0.15) is 5.26 Å². The molecule has 0 aliphatic carbocycles. The standard InChI is InChI=1S/C16H10FNO/c17-15-8-4-7-13(14(15)11-18)16(19)10-9-12-5-2-1-3-6-12/h1-10H/b10-9+. The summed E-state index contributed by atoms with van der Waals surface area (Å²) in [6, 6.07) is 15.0. The number of hydrogen-bond acceptors (Lipinski definition) is 2. The van der Waals surface area contributed by atoms with E-state index in [1.54, 1.807) is 12.1 Å². The van der Waals surface area contributed by atoms with E-state index in [9.17, 15) is 9.18 Å². The van der Waals surface area contributed by atoms with Gasteiger partial charge in [0.05, 0.1) is 5.56 Å². The Bertz CT molecular complexity index is 669. The average molecular weight is 251 g/mol. The first kappa shape index (κ1) is 12.7. The van der Waals surface area contributed by atoms with E-state index in [2.05, 4.69) is 0 Å². The van der Waals surface area contributed by atoms with Crippen molar-refractivity contribution in [3.8, 4) is 6.07 Å². The van der Waals surface area contributed by atoms with Crippen molar-refractivity contribution in [1.82, 2.24) is 0 Å². The maximum Gasteiger partial charge on any atom is 0.187 e. The van der Waals surface area contributed by atoms with Crippen LogP contribution in [-0.2, 0) is 0 Å². The van der Waals surface area contributed by atoms with E-state index in [-0.39, 0.29) is 16.9 Å². The van der Waals surface area contributed by atoms with Crippen molar-refractivity contribution in [2.45, 2.75) is 0 Å². The van der Waals surface area contributed by atoms with E-state index in [4.69, 9.17) is 5.26 Å². The molecule has 0 fully saturated rings. The van der Waals surface area contributed by atoms with Gasteiger partial charge in [0.15, 0.2) is 5.78 Å². The molecule has 2 rings (SSSR count). The third kappa shape index (κ3) is 2.93. The maximum atomic E-state index is 13.4. The van der Waals surface area contributed by atoms with E-state index in [1.165, 1.54) is 18.2 Å². The third-order valence-electron chi connectivity index (χ3n) is 2.62. The second kappa shape index (κ2) is 5.74. The first-order valence-corrected chi connectivity index (χ1v) is 5.68. The van der Waals surface area contributed by atoms with Crippen molar-refractivity contribution in [2.75, 3.05) is 0 Å². The van der Waals surface area contributed by atoms with Gasteiger partial charge in [0.2, 0.25) is 0 Å². The van der Waals surface area contributed by atoms with Crippen LogP contribution in [0.5, 0.6) is 0 Å². The number of hydrogen-bond donors (Lipinski definition) is 0. The van der Waals surface area contributed by atoms with Crippen molar-refractivity contribution in [3.63, 3.8) is 0 Å². The summed E-state index contributed by atoms with van der Waals surface area (Å²) in [5.41, 5.74) is 0.727. The van der Waals surface area contributed by atoms with Crippen molar-refractivity contribution in [1.29, 1.82) is 5.26 Å². The first-order valence-electron chi connectivity index (χ1n) is 5.68. The molecule has 0 aromatic heterocycles. The molecular formula is C16H10FNO. The molecule has 0 bridgehead atoms. The van der Waals surface area contributed by atoms with Crippen LogP contribution in [0, 0.1) is 17.1 Å². The van der Waals surface area contributed by atoms with Gasteiger partial charge < -0.3 is 0 Å². The molecule has 3 heteroatoms. The quantitative estimate of drug-likeness (QED) is 0.617. The van der Waals surface area contributed by atoms with Crippen LogP contribution >= 0.6 is 0 Å². The van der Waals surface area contributed by atoms with Crippen LogP contribution in [0.4, 0.5) is 4.39 Å². The lowest BCUT2D eigenvalue weighted by Gasteiger charge is -2.00. The Morgan fingerprint density at radius 2 is 1.84 bits per heavy atom. The molecule has 0 saturated carbocycles. The predicted octanol–water partition coefficient (Wildman–Crippen LogP) is 3.59. The smallest absolute Gasteiger partial charge is 0.187 e. The largest absolute Gasteiger partial charge is 0.289 e. The molecule has 0 amide bonds. The van der Waals surface area contributed by atoms with Gasteiger partial charge in [-0.1, -0.05) is 42.5 Å². The Morgan fingerprint density at radius 3 is 2.53 bits per heavy atom. The van der Waals surface area contributed by atoms with Crippen LogP contribution in [0.15, 0.2) is 54.6 Å². The Labute approximate surface area is 110 Å². The van der Waals surface area contributed by atoms with E-state index >= 15 is 0 Å². The molecule has 0 aliphatic rings. The topological polar surface area (TPSA) is 40.9 Å². The van der Waals surface area contributed by atoms with Gasteiger partial charge in [-0.25, -0.2) is 4.39 Å². The zero-order valence-electron chi connectivity index (χ0n) is 10.0. The lowest BCUT2D eigenvalue weighted by Crippen LogP contribution is -2.00. The number of benzene rings is 2. The molecule has 0 aliphatic heterocycles. The molecule has 0 N–H and O–H groups in total. The van der Waals surface area contributed by atoms with Crippen LogP contribution in [0.3, 0.4) is 0 Å². The SMILES string of the molecule is N#Cc1c(F)cccc1C(=O)/C=C/c1ccccc1. The van der Waals surface area contributed by atoms with Crippen LogP contribution in [-0.4, -0.2) is 5.78 Å². The highest BCUT2D eigenvalue weighted by Gasteiger charge is 2.12. The molecule has 0 radical (unpaired) electrons. The Morgan fingerprint density at radius 1 is 1.11 bits per heavy atom. The van der Waals surface area contributed by atoms with E-state index in [1.807, 2.05) is 30.3 Å². The maximum absolute atomic E-state index is 13.4. The number of allylic oxidation sites excluding steroid dienone is 1. The zero-order valence-corrected chi connectivity index (χ0v) is 10.0. The lowest BCUT2D eigenvalue weighted by atomic mass is 10.0. The molecule has 2 aromatic rings. The number of rotatable bonds is 3. The molecule has 2 nitrogen and oxygen atoms in total. The lowest BCUT2D eigenvalue weighted by molar-refractivity contribution is 0.104. The van der Waals surface area contributed by atoms with E-state index < -0.39 is 5.82 Å². The number of carbonyl (C=O) groups is 1. The summed E-state index contributed by atoms with van der Waals surface area (Å²) in [5.74, 6) is -1.07. The van der Waals surface area contributed by atoms with Crippen molar-refractivity contribution in [2.24, 2.45) is 0 Å². The van der Waals surface area contributed by atoms with Crippen molar-refractivity contribution < 1.29 is 9.18 Å². The number of halogens is 1. The molecule has 0 atom stereocenters. The predicted molar refractivity (Wildman–Crippen MR) is 70.9 cm³/mol. The molecule has 2 aromatic carbocycles. The Kier molecular flexibility index (Phi) is 3.84. The Hall–Kier alpha value is -2.73. The fourth-order valence-electron chi connectivity index (χ4n) is 1.67. The van der Waals surface area contributed by atoms with Crippen LogP contribution in [0.1, 0.15) is 21.5 Å². The highest BCUT2D eigenvalue weighted by molar-refractivity contribution is 6.08. The summed E-state index contributed by atoms with van der Waals surface area (Å²) < 4.78 is 13.4. The fraction of sp³-hybridized carbons (Fsp3) is 0. The van der Waals surface area contributed by atoms with Gasteiger partial charge in [0.25, 0.3) is 0 Å². The van der Waals surface area contributed by atoms with E-state index in [0.29, 0.717) is 0 Å². The first-order chi connectivity index (χ1) is 9.22. The van der Waals surface area contributed by atoms with Gasteiger partial charge in [-0.15, -0.1) is 0 Å². The van der Waals surface area contributed by atoms with E-state index in [0.717, 1.165) is 11.6 Å². The minimum atomic E-state index is -0.679. The summed E-state index contributed by atoms with van der Waals surface area (Å²) in [5, 5.41) is 8.87. The summed E-state index contributed by atoms with van der Waals surface area (Å²) in [6.07, 6.45) is 2.97. The highest BCUT2D eigenvalue weighted by atomic mass is 19.1. The Balaban J connectivity index is 2.29. The second-order valence-electron chi connectivity index (χ2n) is 3.88. The molecule has 0 heterocycles. The zero-order chi connectivity index (χ0) is 13.7. The van der Waals surface area contributed by atoms with Crippen LogP contribution in [0.2, 0.25) is 0 Å². The minimum Gasteiger partial charge on any atom is -0.289 e. The molecule has 0 saturated heterocycles. The molecular weight excluding hydrogens is 241 g/mol. The van der Waals surface area contributed by atoms with Crippen molar-refractivity contribution in [3.05, 3.63) is 77.1 Å². The minimum absolute atomic E-state index is 0.0784. The van der Waals surface area contributed by atoms with Gasteiger partial charge >= 0.3 is 0 Å². The number of carbonyl (C=O) groups excluding carboxylic acids is 1. The molecule has 92 valence electrons. The van der Waals surface area contributed by atoms with Gasteiger partial charge in [-0.05, 0) is 23.8 Å². The molecule has 0 spiro atoms. The number of nitriles is 1. The number of ketones is 1. The summed E-state index contributed by atoms with van der Waals surface area (Å²) in [6.45, 7) is 0. The van der Waals surface area contributed by atoms with Crippen LogP contribution < -0.4 is 0 Å². The fourth-order valence-corrected chi connectivity index (χ4v) is 1.67. The normalized spacial score (nSPS) is 10.3. The van der Waals surface area contributed by atoms with Gasteiger partial charge in [0, 0.05) is 5.56 Å². The summed E-state index contributed by atoms with van der Waals surface area (Å²) >= 11 is 0. The van der Waals surface area contributed by atoms with Gasteiger partial charge in [-0.3, -0.25) is 4.79 Å². The molecule has 19 heavy (non-hydrogen) atoms. The average Bonchev–Trinajstić information content (AvgIpc) is 2.45. The van der Waals surface area contributed by atoms with Gasteiger partial charge in [0.1, 0.15) is 11.9 Å². The highest BCUT2D eigenvalue weighted by Crippen LogP contribution is 2.14.